The van der Waals surface area contributed by atoms with E-state index in [1.54, 1.807) is 7.11 Å². The molecule has 2 aromatic rings. The fraction of sp³-hybridized carbons (Fsp3) is 0.556. The fourth-order valence-electron chi connectivity index (χ4n) is 3.86. The Kier molecular flexibility index (Phi) is 3.81. The van der Waals surface area contributed by atoms with Gasteiger partial charge in [-0.3, -0.25) is 0 Å². The van der Waals surface area contributed by atoms with Gasteiger partial charge in [0.25, 0.3) is 0 Å². The Hall–Kier alpha value is -1.88. The molecule has 1 atom stereocenters. The van der Waals surface area contributed by atoms with Crippen LogP contribution in [-0.2, 0) is 10.2 Å². The van der Waals surface area contributed by atoms with Crippen LogP contribution in [0.25, 0.3) is 0 Å². The molecule has 1 aromatic heterocycles. The average molecular weight is 314 g/mol. The smallest absolute Gasteiger partial charge is 0.237 e. The van der Waals surface area contributed by atoms with E-state index in [9.17, 15) is 0 Å². The monoisotopic (exact) mass is 314 g/mol. The highest BCUT2D eigenvalue weighted by Gasteiger charge is 2.43. The topological polar surface area (TPSA) is 57.4 Å². The summed E-state index contributed by atoms with van der Waals surface area (Å²) in [5.74, 6) is 2.70. The maximum Gasteiger partial charge on any atom is 0.237 e. The summed E-state index contributed by atoms with van der Waals surface area (Å²) < 4.78 is 16.6. The number of hydrogen-bond acceptors (Lipinski definition) is 5. The quantitative estimate of drug-likeness (QED) is 0.865. The first-order valence-corrected chi connectivity index (χ1v) is 8.38. The van der Waals surface area contributed by atoms with E-state index >= 15 is 0 Å². The lowest BCUT2D eigenvalue weighted by Gasteiger charge is -2.25. The number of methoxy groups -OCH3 is 1. The van der Waals surface area contributed by atoms with Crippen molar-refractivity contribution >= 4 is 0 Å². The number of rotatable bonds is 4. The SMILES string of the molecule is COc1cccc(C2(c3nc([C@H]4CCOC4)no3)CCCC2)c1. The summed E-state index contributed by atoms with van der Waals surface area (Å²) in [6, 6.07) is 8.27. The molecule has 0 unspecified atom stereocenters. The van der Waals surface area contributed by atoms with E-state index in [2.05, 4.69) is 17.3 Å². The Morgan fingerprint density at radius 2 is 2.13 bits per heavy atom. The molecule has 1 aliphatic carbocycles. The molecule has 23 heavy (non-hydrogen) atoms. The van der Waals surface area contributed by atoms with Gasteiger partial charge in [0.15, 0.2) is 5.82 Å². The van der Waals surface area contributed by atoms with Gasteiger partial charge in [0, 0.05) is 12.5 Å². The van der Waals surface area contributed by atoms with Crippen LogP contribution in [-0.4, -0.2) is 30.5 Å². The molecule has 2 heterocycles. The summed E-state index contributed by atoms with van der Waals surface area (Å²) in [4.78, 5) is 4.78. The average Bonchev–Trinajstić information content (AvgIpc) is 3.34. The lowest BCUT2D eigenvalue weighted by atomic mass is 9.78. The van der Waals surface area contributed by atoms with Gasteiger partial charge in [0.1, 0.15) is 5.75 Å². The van der Waals surface area contributed by atoms with Crippen molar-refractivity contribution in [1.29, 1.82) is 0 Å². The van der Waals surface area contributed by atoms with E-state index in [0.29, 0.717) is 6.61 Å². The maximum absolute atomic E-state index is 5.73. The van der Waals surface area contributed by atoms with E-state index in [4.69, 9.17) is 19.0 Å². The second kappa shape index (κ2) is 5.96. The van der Waals surface area contributed by atoms with Crippen LogP contribution < -0.4 is 4.74 Å². The molecule has 2 aliphatic rings. The number of hydrogen-bond donors (Lipinski definition) is 0. The Morgan fingerprint density at radius 3 is 2.87 bits per heavy atom. The minimum atomic E-state index is -0.167. The minimum absolute atomic E-state index is 0.167. The van der Waals surface area contributed by atoms with E-state index in [1.807, 2.05) is 12.1 Å². The largest absolute Gasteiger partial charge is 0.497 e. The van der Waals surface area contributed by atoms with Crippen molar-refractivity contribution < 1.29 is 14.0 Å². The standard InChI is InChI=1S/C18H22N2O3/c1-21-15-6-4-5-14(11-15)18(8-2-3-9-18)17-19-16(20-23-17)13-7-10-22-12-13/h4-6,11,13H,2-3,7-10,12H2,1H3/t13-/m0/s1. The lowest BCUT2D eigenvalue weighted by molar-refractivity contribution is 0.192. The predicted molar refractivity (Wildman–Crippen MR) is 84.7 cm³/mol. The molecular weight excluding hydrogens is 292 g/mol. The molecule has 2 fully saturated rings. The Balaban J connectivity index is 1.72. The number of ether oxygens (including phenoxy) is 2. The van der Waals surface area contributed by atoms with Crippen molar-refractivity contribution in [3.05, 3.63) is 41.5 Å². The molecule has 5 heteroatoms. The Morgan fingerprint density at radius 1 is 1.26 bits per heavy atom. The Labute approximate surface area is 136 Å². The summed E-state index contributed by atoms with van der Waals surface area (Å²) in [6.07, 6.45) is 5.43. The van der Waals surface area contributed by atoms with Crippen molar-refractivity contribution in [2.75, 3.05) is 20.3 Å². The van der Waals surface area contributed by atoms with Gasteiger partial charge in [-0.15, -0.1) is 0 Å². The molecule has 0 amide bonds. The van der Waals surface area contributed by atoms with Gasteiger partial charge in [0.05, 0.1) is 19.1 Å². The van der Waals surface area contributed by atoms with Crippen LogP contribution in [0.1, 0.15) is 55.3 Å². The highest BCUT2D eigenvalue weighted by atomic mass is 16.5. The van der Waals surface area contributed by atoms with E-state index in [0.717, 1.165) is 43.3 Å². The van der Waals surface area contributed by atoms with Crippen LogP contribution in [0.5, 0.6) is 5.75 Å². The number of benzene rings is 1. The molecule has 1 aliphatic heterocycles. The van der Waals surface area contributed by atoms with Crippen molar-refractivity contribution in [1.82, 2.24) is 10.1 Å². The molecule has 5 nitrogen and oxygen atoms in total. The summed E-state index contributed by atoms with van der Waals surface area (Å²) in [6.45, 7) is 1.49. The Bertz CT molecular complexity index is 670. The third-order valence-electron chi connectivity index (χ3n) is 5.23. The molecule has 0 spiro atoms. The highest BCUT2D eigenvalue weighted by molar-refractivity contribution is 5.38. The first kappa shape index (κ1) is 14.7. The second-order valence-corrected chi connectivity index (χ2v) is 6.54. The van der Waals surface area contributed by atoms with Crippen LogP contribution in [0.15, 0.2) is 28.8 Å². The fourth-order valence-corrected chi connectivity index (χ4v) is 3.86. The predicted octanol–water partition coefficient (Wildman–Crippen LogP) is 3.44. The van der Waals surface area contributed by atoms with Gasteiger partial charge in [-0.1, -0.05) is 30.1 Å². The second-order valence-electron chi connectivity index (χ2n) is 6.54. The zero-order valence-corrected chi connectivity index (χ0v) is 13.5. The summed E-state index contributed by atoms with van der Waals surface area (Å²) in [7, 11) is 1.70. The zero-order valence-electron chi connectivity index (χ0n) is 13.5. The van der Waals surface area contributed by atoms with Crippen LogP contribution in [0.2, 0.25) is 0 Å². The molecule has 4 rings (SSSR count). The van der Waals surface area contributed by atoms with Crippen LogP contribution in [0, 0.1) is 0 Å². The molecule has 1 aromatic carbocycles. The van der Waals surface area contributed by atoms with Crippen LogP contribution in [0.4, 0.5) is 0 Å². The molecular formula is C18H22N2O3. The van der Waals surface area contributed by atoms with Gasteiger partial charge in [0.2, 0.25) is 5.89 Å². The van der Waals surface area contributed by atoms with Gasteiger partial charge in [-0.05, 0) is 37.0 Å². The van der Waals surface area contributed by atoms with Crippen LogP contribution in [0.3, 0.4) is 0 Å². The summed E-state index contributed by atoms with van der Waals surface area (Å²) in [5.41, 5.74) is 1.05. The molecule has 122 valence electrons. The first-order chi connectivity index (χ1) is 11.3. The number of nitrogens with zero attached hydrogens (tertiary/aromatic N) is 2. The number of aromatic nitrogens is 2. The maximum atomic E-state index is 5.73. The van der Waals surface area contributed by atoms with Gasteiger partial charge in [-0.2, -0.15) is 4.98 Å². The van der Waals surface area contributed by atoms with Gasteiger partial charge >= 0.3 is 0 Å². The molecule has 0 radical (unpaired) electrons. The zero-order chi connectivity index (χ0) is 15.7. The normalized spacial score (nSPS) is 23.3. The van der Waals surface area contributed by atoms with Crippen molar-refractivity contribution in [2.45, 2.75) is 43.4 Å². The minimum Gasteiger partial charge on any atom is -0.497 e. The van der Waals surface area contributed by atoms with E-state index in [1.165, 1.54) is 18.4 Å². The third kappa shape index (κ3) is 2.53. The summed E-state index contributed by atoms with van der Waals surface area (Å²) >= 11 is 0. The van der Waals surface area contributed by atoms with Gasteiger partial charge < -0.3 is 14.0 Å². The molecule has 1 saturated heterocycles. The third-order valence-corrected chi connectivity index (χ3v) is 5.23. The summed E-state index contributed by atoms with van der Waals surface area (Å²) in [5, 5.41) is 4.26. The highest BCUT2D eigenvalue weighted by Crippen LogP contribution is 2.46. The molecule has 1 saturated carbocycles. The molecule has 0 N–H and O–H groups in total. The first-order valence-electron chi connectivity index (χ1n) is 8.38. The van der Waals surface area contributed by atoms with Crippen molar-refractivity contribution in [3.8, 4) is 5.75 Å². The van der Waals surface area contributed by atoms with Gasteiger partial charge in [-0.25, -0.2) is 0 Å². The lowest BCUT2D eigenvalue weighted by Crippen LogP contribution is -2.24. The van der Waals surface area contributed by atoms with Crippen molar-refractivity contribution in [2.24, 2.45) is 0 Å². The molecule has 0 bridgehead atoms. The van der Waals surface area contributed by atoms with E-state index in [-0.39, 0.29) is 11.3 Å². The van der Waals surface area contributed by atoms with E-state index < -0.39 is 0 Å². The van der Waals surface area contributed by atoms with Crippen molar-refractivity contribution in [3.63, 3.8) is 0 Å². The van der Waals surface area contributed by atoms with Crippen LogP contribution >= 0.6 is 0 Å².